The fraction of sp³-hybridized carbons (Fsp3) is 0.524. The van der Waals surface area contributed by atoms with Gasteiger partial charge in [-0.1, -0.05) is 18.2 Å². The summed E-state index contributed by atoms with van der Waals surface area (Å²) < 4.78 is 5.70. The first-order chi connectivity index (χ1) is 13.1. The molecule has 0 radical (unpaired) electrons. The number of fused-ring (bicyclic) bond motifs is 1. The van der Waals surface area contributed by atoms with Gasteiger partial charge in [0.25, 0.3) is 5.91 Å². The van der Waals surface area contributed by atoms with E-state index in [9.17, 15) is 9.59 Å². The number of furan rings is 1. The number of nitrogens with zero attached hydrogens (tertiary/aromatic N) is 3. The molecule has 0 saturated carbocycles. The lowest BCUT2D eigenvalue weighted by Crippen LogP contribution is -2.53. The molecule has 0 aliphatic carbocycles. The molecule has 1 unspecified atom stereocenters. The lowest BCUT2D eigenvalue weighted by atomic mass is 10.0. The zero-order valence-electron chi connectivity index (χ0n) is 15.9. The maximum absolute atomic E-state index is 12.7. The zero-order chi connectivity index (χ0) is 18.8. The first-order valence-corrected chi connectivity index (χ1v) is 9.91. The van der Waals surface area contributed by atoms with Crippen molar-refractivity contribution in [1.29, 1.82) is 0 Å². The van der Waals surface area contributed by atoms with Crippen molar-refractivity contribution in [3.05, 3.63) is 36.1 Å². The van der Waals surface area contributed by atoms with Crippen LogP contribution in [0.1, 0.15) is 36.7 Å². The van der Waals surface area contributed by atoms with Crippen molar-refractivity contribution in [1.82, 2.24) is 14.7 Å². The molecule has 2 aromatic rings. The molecular formula is C21H27N3O3. The van der Waals surface area contributed by atoms with Crippen LogP contribution < -0.4 is 0 Å². The summed E-state index contributed by atoms with van der Waals surface area (Å²) in [4.78, 5) is 31.3. The summed E-state index contributed by atoms with van der Waals surface area (Å²) in [7, 11) is 0. The molecule has 4 rings (SSSR count). The first kappa shape index (κ1) is 18.0. The standard InChI is InChI=1S/C21H27N3O3/c1-16-6-4-5-9-24(16)20(25)15-22-10-12-23(13-11-22)21(26)19-14-17-7-2-3-8-18(17)27-19/h2-3,7-8,14,16H,4-6,9-13,15H2,1H3. The summed E-state index contributed by atoms with van der Waals surface area (Å²) in [6, 6.07) is 9.82. The number of carbonyl (C=O) groups is 2. The molecule has 1 aromatic heterocycles. The van der Waals surface area contributed by atoms with Crippen molar-refractivity contribution in [2.24, 2.45) is 0 Å². The van der Waals surface area contributed by atoms with Crippen LogP contribution in [0.2, 0.25) is 0 Å². The van der Waals surface area contributed by atoms with Gasteiger partial charge in [0.1, 0.15) is 5.58 Å². The number of rotatable bonds is 3. The van der Waals surface area contributed by atoms with Crippen LogP contribution in [0.5, 0.6) is 0 Å². The van der Waals surface area contributed by atoms with E-state index in [1.807, 2.05) is 40.1 Å². The van der Waals surface area contributed by atoms with Crippen LogP contribution in [0.3, 0.4) is 0 Å². The SMILES string of the molecule is CC1CCCCN1C(=O)CN1CCN(C(=O)c2cc3ccccc3o2)CC1. The lowest BCUT2D eigenvalue weighted by molar-refractivity contribution is -0.136. The van der Waals surface area contributed by atoms with Crippen molar-refractivity contribution in [3.63, 3.8) is 0 Å². The molecule has 2 aliphatic heterocycles. The number of para-hydroxylation sites is 1. The summed E-state index contributed by atoms with van der Waals surface area (Å²) in [5.74, 6) is 0.545. The van der Waals surface area contributed by atoms with E-state index < -0.39 is 0 Å². The lowest BCUT2D eigenvalue weighted by Gasteiger charge is -2.37. The van der Waals surface area contributed by atoms with Crippen LogP contribution in [0.4, 0.5) is 0 Å². The van der Waals surface area contributed by atoms with E-state index in [0.717, 1.165) is 43.4 Å². The number of piperazine rings is 1. The molecule has 2 saturated heterocycles. The van der Waals surface area contributed by atoms with Gasteiger partial charge in [-0.25, -0.2) is 0 Å². The number of amides is 2. The Hall–Kier alpha value is -2.34. The Morgan fingerprint density at radius 2 is 1.85 bits per heavy atom. The molecule has 0 spiro atoms. The highest BCUT2D eigenvalue weighted by Crippen LogP contribution is 2.21. The summed E-state index contributed by atoms with van der Waals surface area (Å²) in [5.41, 5.74) is 0.737. The predicted molar refractivity (Wildman–Crippen MR) is 104 cm³/mol. The van der Waals surface area contributed by atoms with Gasteiger partial charge in [0.15, 0.2) is 5.76 Å². The number of benzene rings is 1. The van der Waals surface area contributed by atoms with Crippen molar-refractivity contribution in [2.45, 2.75) is 32.2 Å². The minimum Gasteiger partial charge on any atom is -0.451 e. The van der Waals surface area contributed by atoms with E-state index in [1.165, 1.54) is 6.42 Å². The van der Waals surface area contributed by atoms with Crippen molar-refractivity contribution < 1.29 is 14.0 Å². The van der Waals surface area contributed by atoms with Gasteiger partial charge >= 0.3 is 0 Å². The van der Waals surface area contributed by atoms with E-state index in [1.54, 1.807) is 0 Å². The molecule has 0 N–H and O–H groups in total. The third-order valence-electron chi connectivity index (χ3n) is 5.78. The van der Waals surface area contributed by atoms with Gasteiger partial charge in [-0.3, -0.25) is 14.5 Å². The Morgan fingerprint density at radius 3 is 2.59 bits per heavy atom. The van der Waals surface area contributed by atoms with Gasteiger partial charge in [0.05, 0.1) is 6.54 Å². The van der Waals surface area contributed by atoms with E-state index in [0.29, 0.717) is 31.4 Å². The quantitative estimate of drug-likeness (QED) is 0.834. The Morgan fingerprint density at radius 1 is 1.07 bits per heavy atom. The maximum Gasteiger partial charge on any atom is 0.289 e. The molecule has 144 valence electrons. The average Bonchev–Trinajstić information content (AvgIpc) is 3.12. The second-order valence-corrected chi connectivity index (χ2v) is 7.65. The number of hydrogen-bond donors (Lipinski definition) is 0. The van der Waals surface area contributed by atoms with Crippen LogP contribution in [0, 0.1) is 0 Å². The van der Waals surface area contributed by atoms with E-state index >= 15 is 0 Å². The van der Waals surface area contributed by atoms with E-state index in [4.69, 9.17) is 4.42 Å². The minimum atomic E-state index is -0.0678. The Balaban J connectivity index is 1.31. The second-order valence-electron chi connectivity index (χ2n) is 7.65. The summed E-state index contributed by atoms with van der Waals surface area (Å²) >= 11 is 0. The predicted octanol–water partition coefficient (Wildman–Crippen LogP) is 2.59. The maximum atomic E-state index is 12.7. The van der Waals surface area contributed by atoms with Crippen LogP contribution in [0.15, 0.2) is 34.7 Å². The Kier molecular flexibility index (Phi) is 5.16. The number of piperidine rings is 1. The molecule has 3 heterocycles. The zero-order valence-corrected chi connectivity index (χ0v) is 15.9. The van der Waals surface area contributed by atoms with Gasteiger partial charge in [0, 0.05) is 44.2 Å². The molecule has 2 aliphatic rings. The third kappa shape index (κ3) is 3.86. The number of hydrogen-bond acceptors (Lipinski definition) is 4. The molecule has 2 fully saturated rings. The molecule has 1 atom stereocenters. The Labute approximate surface area is 159 Å². The van der Waals surface area contributed by atoms with Crippen LogP contribution >= 0.6 is 0 Å². The summed E-state index contributed by atoms with van der Waals surface area (Å²) in [6.07, 6.45) is 3.43. The van der Waals surface area contributed by atoms with E-state index in [2.05, 4.69) is 11.8 Å². The molecule has 0 bridgehead atoms. The molecule has 27 heavy (non-hydrogen) atoms. The van der Waals surface area contributed by atoms with Crippen molar-refractivity contribution >= 4 is 22.8 Å². The minimum absolute atomic E-state index is 0.0678. The Bertz CT molecular complexity index is 790. The number of carbonyl (C=O) groups excluding carboxylic acids is 2. The van der Waals surface area contributed by atoms with Gasteiger partial charge in [-0.05, 0) is 38.3 Å². The first-order valence-electron chi connectivity index (χ1n) is 9.91. The fourth-order valence-electron chi connectivity index (χ4n) is 4.10. The normalized spacial score (nSPS) is 21.6. The monoisotopic (exact) mass is 369 g/mol. The fourth-order valence-corrected chi connectivity index (χ4v) is 4.10. The van der Waals surface area contributed by atoms with E-state index in [-0.39, 0.29) is 11.8 Å². The van der Waals surface area contributed by atoms with Crippen molar-refractivity contribution in [2.75, 3.05) is 39.3 Å². The van der Waals surface area contributed by atoms with Crippen LogP contribution in [0.25, 0.3) is 11.0 Å². The summed E-state index contributed by atoms with van der Waals surface area (Å²) in [6.45, 7) is 6.17. The highest BCUT2D eigenvalue weighted by Gasteiger charge is 2.28. The second kappa shape index (κ2) is 7.72. The molecular weight excluding hydrogens is 342 g/mol. The highest BCUT2D eigenvalue weighted by molar-refractivity contribution is 5.96. The molecule has 2 amide bonds. The average molecular weight is 369 g/mol. The van der Waals surface area contributed by atoms with Crippen molar-refractivity contribution in [3.8, 4) is 0 Å². The molecule has 6 nitrogen and oxygen atoms in total. The largest absolute Gasteiger partial charge is 0.451 e. The van der Waals surface area contributed by atoms with Crippen LogP contribution in [-0.2, 0) is 4.79 Å². The highest BCUT2D eigenvalue weighted by atomic mass is 16.3. The summed E-state index contributed by atoms with van der Waals surface area (Å²) in [5, 5.41) is 0.945. The third-order valence-corrected chi connectivity index (χ3v) is 5.78. The van der Waals surface area contributed by atoms with Crippen LogP contribution in [-0.4, -0.2) is 71.8 Å². The van der Waals surface area contributed by atoms with Gasteiger partial charge in [-0.15, -0.1) is 0 Å². The van der Waals surface area contributed by atoms with Gasteiger partial charge in [0.2, 0.25) is 5.91 Å². The molecule has 6 heteroatoms. The van der Waals surface area contributed by atoms with Gasteiger partial charge in [-0.2, -0.15) is 0 Å². The van der Waals surface area contributed by atoms with Gasteiger partial charge < -0.3 is 14.2 Å². The smallest absolute Gasteiger partial charge is 0.289 e. The molecule has 1 aromatic carbocycles. The number of likely N-dealkylation sites (tertiary alicyclic amines) is 1. The topological polar surface area (TPSA) is 57.0 Å².